The van der Waals surface area contributed by atoms with Crippen molar-refractivity contribution >= 4 is 31.9 Å². The Labute approximate surface area is 450 Å². The van der Waals surface area contributed by atoms with Gasteiger partial charge in [-0.1, -0.05) is 31.7 Å². The summed E-state index contributed by atoms with van der Waals surface area (Å²) >= 11 is 0. The van der Waals surface area contributed by atoms with Crippen LogP contribution in [0.25, 0.3) is 0 Å². The molecule has 21 nitrogen and oxygen atoms in total. The van der Waals surface area contributed by atoms with Crippen molar-refractivity contribution in [3.05, 3.63) is 59.7 Å². The molecule has 0 spiro atoms. The van der Waals surface area contributed by atoms with Crippen molar-refractivity contribution < 1.29 is 105 Å². The number of ether oxygens (including phenoxy) is 8. The predicted octanol–water partition coefficient (Wildman–Crippen LogP) is 6.59. The number of carboxylic acids is 1. The molecule has 8 rings (SSSR count). The molecule has 6 saturated heterocycles. The topological polar surface area (TPSA) is 259 Å². The standard InChI is InChI=1S/C24H33F3N2O8S.C19H24F3NO7S.C5H11NO2.CH4/c25-24(26,27)36-20-6-4-18(5-7-20)17-35-19-8-12-29(13-9-19)38(31,32)23(10-15-33-16-11-23)22(30)28-37-21-3-1-2-14-34-21;20-19(21,22)30-16-3-1-14(2-4-16)13-29-15-5-9-23(10-6-15)31(26,27)18(17(24)25)7-11-28-12-8-18;6-8-5-3-1-2-4-7-5;/h4-7,19,21H,1-3,8-17H2,(H,28,30);1-4,15H,5-13H2,(H,24,25);5H,1-4,6H2;1H4. The number of benzene rings is 2. The second kappa shape index (κ2) is 29.7. The first-order valence-corrected chi connectivity index (χ1v) is 28.3. The Morgan fingerprint density at radius 3 is 1.33 bits per heavy atom. The number of sulfonamides is 2. The maximum atomic E-state index is 13.8. The summed E-state index contributed by atoms with van der Waals surface area (Å²) < 4.78 is 167. The summed E-state index contributed by atoms with van der Waals surface area (Å²) in [5, 5.41) is 9.64. The number of rotatable bonds is 17. The average molecular weight is 1170 g/mol. The van der Waals surface area contributed by atoms with E-state index in [2.05, 4.69) is 19.8 Å². The monoisotopic (exact) mass is 1170 g/mol. The second-order valence-electron chi connectivity index (χ2n) is 19.0. The van der Waals surface area contributed by atoms with Gasteiger partial charge >= 0.3 is 18.7 Å². The van der Waals surface area contributed by atoms with E-state index in [0.717, 1.165) is 32.3 Å². The van der Waals surface area contributed by atoms with Gasteiger partial charge in [0.2, 0.25) is 20.0 Å². The lowest BCUT2D eigenvalue weighted by Crippen LogP contribution is -2.61. The number of carbonyl (C=O) groups excluding carboxylic acids is 1. The van der Waals surface area contributed by atoms with Crippen molar-refractivity contribution in [2.75, 3.05) is 65.8 Å². The zero-order valence-electron chi connectivity index (χ0n) is 42.3. The molecule has 4 N–H and O–H groups in total. The fourth-order valence-corrected chi connectivity index (χ4v) is 13.6. The van der Waals surface area contributed by atoms with Crippen molar-refractivity contribution in [3.63, 3.8) is 0 Å². The Hall–Kier alpha value is -3.98. The molecule has 6 aliphatic rings. The van der Waals surface area contributed by atoms with Gasteiger partial charge in [-0.3, -0.25) is 14.4 Å². The summed E-state index contributed by atoms with van der Waals surface area (Å²) in [6.07, 6.45) is -3.61. The smallest absolute Gasteiger partial charge is 0.480 e. The fourth-order valence-electron chi connectivity index (χ4n) is 9.40. The van der Waals surface area contributed by atoms with Crippen molar-refractivity contribution in [2.45, 2.75) is 158 Å². The van der Waals surface area contributed by atoms with E-state index in [1.165, 1.54) is 63.6 Å². The molecule has 2 aromatic carbocycles. The molecule has 29 heteroatoms. The molecule has 0 aliphatic carbocycles. The van der Waals surface area contributed by atoms with Crippen molar-refractivity contribution in [2.24, 2.45) is 5.90 Å². The van der Waals surface area contributed by atoms with E-state index in [1.807, 2.05) is 0 Å². The number of hydroxylamine groups is 1. The first kappa shape index (κ1) is 64.8. The lowest BCUT2D eigenvalue weighted by Gasteiger charge is -2.41. The van der Waals surface area contributed by atoms with Crippen LogP contribution in [-0.2, 0) is 80.9 Å². The van der Waals surface area contributed by atoms with Crippen LogP contribution in [0.1, 0.15) is 108 Å². The van der Waals surface area contributed by atoms with E-state index in [4.69, 9.17) is 39.2 Å². The summed E-state index contributed by atoms with van der Waals surface area (Å²) in [5.74, 6) is 2.17. The molecule has 0 bridgehead atoms. The molecule has 6 heterocycles. The van der Waals surface area contributed by atoms with Crippen LogP contribution < -0.4 is 20.9 Å². The van der Waals surface area contributed by atoms with E-state index >= 15 is 0 Å². The molecule has 2 aromatic rings. The van der Waals surface area contributed by atoms with E-state index in [-0.39, 0.29) is 129 Å². The number of halogens is 6. The highest BCUT2D eigenvalue weighted by Gasteiger charge is 2.56. The number of aliphatic carboxylic acids is 1. The van der Waals surface area contributed by atoms with Crippen molar-refractivity contribution in [1.82, 2.24) is 14.1 Å². The number of hydrogen-bond acceptors (Lipinski definition) is 17. The number of nitrogens with zero attached hydrogens (tertiary/aromatic N) is 2. The van der Waals surface area contributed by atoms with Crippen molar-refractivity contribution in [1.29, 1.82) is 0 Å². The quantitative estimate of drug-likeness (QED) is 0.111. The molecule has 78 heavy (non-hydrogen) atoms. The largest absolute Gasteiger partial charge is 0.573 e. The van der Waals surface area contributed by atoms with E-state index in [1.54, 1.807) is 0 Å². The van der Waals surface area contributed by atoms with Gasteiger partial charge in [-0.2, -0.15) is 0 Å². The van der Waals surface area contributed by atoms with Crippen LogP contribution in [0, 0.1) is 0 Å². The van der Waals surface area contributed by atoms with Gasteiger partial charge in [0.25, 0.3) is 5.91 Å². The molecule has 2 unspecified atom stereocenters. The number of piperidine rings is 2. The molecule has 444 valence electrons. The van der Waals surface area contributed by atoms with E-state index in [9.17, 15) is 57.9 Å². The Morgan fingerprint density at radius 1 is 0.603 bits per heavy atom. The third-order valence-corrected chi connectivity index (χ3v) is 19.1. The van der Waals surface area contributed by atoms with Crippen LogP contribution in [0.15, 0.2) is 48.5 Å². The van der Waals surface area contributed by atoms with Gasteiger partial charge in [0, 0.05) is 104 Å². The normalized spacial score (nSPS) is 23.0. The highest BCUT2D eigenvalue weighted by Crippen LogP contribution is 2.37. The highest BCUT2D eigenvalue weighted by molar-refractivity contribution is 7.91. The molecular formula is C49H72F6N4O17S2. The fraction of sp³-hybridized carbons (Fsp3) is 0.714. The lowest BCUT2D eigenvalue weighted by molar-refractivity contribution is -0.275. The van der Waals surface area contributed by atoms with Crippen LogP contribution in [0.5, 0.6) is 11.5 Å². The Bertz CT molecular complexity index is 2350. The van der Waals surface area contributed by atoms with Gasteiger partial charge in [-0.15, -0.1) is 26.3 Å². The zero-order chi connectivity index (χ0) is 55.7. The molecule has 6 fully saturated rings. The molecular weight excluding hydrogens is 1090 g/mol. The van der Waals surface area contributed by atoms with Gasteiger partial charge < -0.3 is 43.0 Å². The Balaban J connectivity index is 0.000000252. The molecule has 6 aliphatic heterocycles. The number of amides is 1. The average Bonchev–Trinajstić information content (AvgIpc) is 3.48. The highest BCUT2D eigenvalue weighted by atomic mass is 32.2. The molecule has 0 aromatic heterocycles. The second-order valence-corrected chi connectivity index (χ2v) is 23.5. The summed E-state index contributed by atoms with van der Waals surface area (Å²) in [6, 6.07) is 10.7. The summed E-state index contributed by atoms with van der Waals surface area (Å²) in [6.45, 7) is 2.69. The maximum absolute atomic E-state index is 13.8. The molecule has 1 amide bonds. The molecule has 2 atom stereocenters. The predicted molar refractivity (Wildman–Crippen MR) is 264 cm³/mol. The van der Waals surface area contributed by atoms with Gasteiger partial charge in [0.05, 0.1) is 25.4 Å². The summed E-state index contributed by atoms with van der Waals surface area (Å²) in [7, 11) is -8.11. The molecule has 0 saturated carbocycles. The van der Waals surface area contributed by atoms with Crippen LogP contribution in [0.3, 0.4) is 0 Å². The van der Waals surface area contributed by atoms with Gasteiger partial charge in [-0.25, -0.2) is 41.7 Å². The van der Waals surface area contributed by atoms with Crippen LogP contribution in [-0.4, -0.2) is 155 Å². The van der Waals surface area contributed by atoms with Crippen LogP contribution in [0.4, 0.5) is 26.3 Å². The first-order valence-electron chi connectivity index (χ1n) is 25.4. The van der Waals surface area contributed by atoms with Crippen LogP contribution >= 0.6 is 0 Å². The zero-order valence-corrected chi connectivity index (χ0v) is 44.0. The first-order chi connectivity index (χ1) is 36.6. The third kappa shape index (κ3) is 18.3. The van der Waals surface area contributed by atoms with Gasteiger partial charge in [-0.05, 0) is 86.8 Å². The minimum absolute atomic E-state index is 0. The summed E-state index contributed by atoms with van der Waals surface area (Å²) in [4.78, 5) is 34.9. The number of carbonyl (C=O) groups is 2. The maximum Gasteiger partial charge on any atom is 0.573 e. The molecule has 0 radical (unpaired) electrons. The number of nitrogens with one attached hydrogen (secondary N) is 1. The van der Waals surface area contributed by atoms with E-state index in [0.29, 0.717) is 49.8 Å². The van der Waals surface area contributed by atoms with Gasteiger partial charge in [0.1, 0.15) is 11.5 Å². The minimum atomic E-state index is -4.76. The van der Waals surface area contributed by atoms with Crippen LogP contribution in [0.2, 0.25) is 0 Å². The number of hydrogen-bond donors (Lipinski definition) is 3. The minimum Gasteiger partial charge on any atom is -0.480 e. The van der Waals surface area contributed by atoms with Crippen molar-refractivity contribution in [3.8, 4) is 11.5 Å². The number of nitrogens with two attached hydrogens (primary N) is 1. The number of carboxylic acid groups (broad SMARTS) is 1. The SMILES string of the molecule is C.NOC1CCCCO1.O=C(NOC1CCCCO1)C1(S(=O)(=O)N2CCC(OCc3ccc(OC(F)(F)F)cc3)CC2)CCOCC1.O=C(O)C1(S(=O)(=O)N2CCC(OCc3ccc(OC(F)(F)F)cc3)CC2)CCOCC1. The van der Waals surface area contributed by atoms with Gasteiger partial charge in [0.15, 0.2) is 22.1 Å². The lowest BCUT2D eigenvalue weighted by atomic mass is 9.98. The summed E-state index contributed by atoms with van der Waals surface area (Å²) in [5.41, 5.74) is 3.66. The Kier molecular flexibility index (Phi) is 24.6. The number of alkyl halides is 6. The van der Waals surface area contributed by atoms with E-state index < -0.39 is 60.4 Å². The Morgan fingerprint density at radius 2 is 0.987 bits per heavy atom. The third-order valence-electron chi connectivity index (χ3n) is 13.9.